The highest BCUT2D eigenvalue weighted by Crippen LogP contribution is 2.33. The van der Waals surface area contributed by atoms with Crippen molar-refractivity contribution in [1.29, 1.82) is 0 Å². The van der Waals surface area contributed by atoms with Crippen molar-refractivity contribution in [3.05, 3.63) is 84.4 Å². The van der Waals surface area contributed by atoms with Crippen molar-refractivity contribution in [2.45, 2.75) is 6.54 Å². The summed E-state index contributed by atoms with van der Waals surface area (Å²) in [5, 5.41) is 0. The summed E-state index contributed by atoms with van der Waals surface area (Å²) in [5.41, 5.74) is 7.10. The lowest BCUT2D eigenvalue weighted by molar-refractivity contribution is 0.253. The number of para-hydroxylation sites is 4. The molecule has 3 aromatic carbocycles. The number of ether oxygens (including phenoxy) is 2. The predicted octanol–water partition coefficient (Wildman–Crippen LogP) is 4.57. The number of hydrogen-bond acceptors (Lipinski definition) is 3. The number of rotatable bonds is 6. The Morgan fingerprint density at radius 1 is 0.885 bits per heavy atom. The van der Waals surface area contributed by atoms with Crippen molar-refractivity contribution in [2.75, 3.05) is 12.0 Å². The third kappa shape index (κ3) is 3.95. The van der Waals surface area contributed by atoms with Crippen LogP contribution >= 0.6 is 0 Å². The molecule has 3 aromatic rings. The first-order chi connectivity index (χ1) is 12.7. The summed E-state index contributed by atoms with van der Waals surface area (Å²) in [5.74, 6) is 1.93. The molecule has 0 aliphatic carbocycles. The Morgan fingerprint density at radius 2 is 1.50 bits per heavy atom. The van der Waals surface area contributed by atoms with Crippen LogP contribution in [-0.4, -0.2) is 13.1 Å². The number of anilines is 1. The highest BCUT2D eigenvalue weighted by Gasteiger charge is 2.19. The van der Waals surface area contributed by atoms with E-state index in [1.54, 1.807) is 19.2 Å². The number of methoxy groups -OCH3 is 1. The quantitative estimate of drug-likeness (QED) is 0.709. The normalized spacial score (nSPS) is 10.2. The average molecular weight is 348 g/mol. The topological polar surface area (TPSA) is 64.8 Å². The van der Waals surface area contributed by atoms with Gasteiger partial charge in [0.1, 0.15) is 11.5 Å². The number of hydrogen-bond donors (Lipinski definition) is 1. The zero-order valence-electron chi connectivity index (χ0n) is 14.5. The van der Waals surface area contributed by atoms with E-state index in [1.165, 1.54) is 4.90 Å². The standard InChI is InChI=1S/C21H20N2O3/c1-25-19-13-7-5-9-16(19)15-23(21(22)24)18-12-6-8-14-20(18)26-17-10-3-2-4-11-17/h2-14H,15H2,1H3,(H2,22,24). The fourth-order valence-corrected chi connectivity index (χ4v) is 2.67. The van der Waals surface area contributed by atoms with E-state index < -0.39 is 6.03 Å². The number of nitrogens with zero attached hydrogens (tertiary/aromatic N) is 1. The number of primary amides is 1. The second-order valence-electron chi connectivity index (χ2n) is 5.62. The Hall–Kier alpha value is -3.47. The Kier molecular flexibility index (Phi) is 5.39. The van der Waals surface area contributed by atoms with Crippen LogP contribution in [-0.2, 0) is 6.54 Å². The minimum atomic E-state index is -0.569. The van der Waals surface area contributed by atoms with Crippen LogP contribution in [0.2, 0.25) is 0 Å². The van der Waals surface area contributed by atoms with Crippen molar-refractivity contribution < 1.29 is 14.3 Å². The average Bonchev–Trinajstić information content (AvgIpc) is 2.67. The van der Waals surface area contributed by atoms with Crippen LogP contribution in [0.25, 0.3) is 0 Å². The van der Waals surface area contributed by atoms with Gasteiger partial charge in [-0.3, -0.25) is 4.90 Å². The van der Waals surface area contributed by atoms with Gasteiger partial charge in [0.2, 0.25) is 0 Å². The van der Waals surface area contributed by atoms with E-state index in [0.29, 0.717) is 22.9 Å². The van der Waals surface area contributed by atoms with E-state index in [4.69, 9.17) is 15.2 Å². The smallest absolute Gasteiger partial charge is 0.319 e. The molecule has 0 aliphatic rings. The Morgan fingerprint density at radius 3 is 2.19 bits per heavy atom. The molecule has 0 unspecified atom stereocenters. The molecule has 0 atom stereocenters. The maximum absolute atomic E-state index is 12.2. The SMILES string of the molecule is COc1ccccc1CN(C(N)=O)c1ccccc1Oc1ccccc1. The number of nitrogens with two attached hydrogens (primary N) is 1. The minimum absolute atomic E-state index is 0.272. The van der Waals surface area contributed by atoms with Crippen LogP contribution < -0.4 is 20.1 Å². The van der Waals surface area contributed by atoms with Gasteiger partial charge >= 0.3 is 6.03 Å². The molecule has 5 nitrogen and oxygen atoms in total. The number of carbonyl (C=O) groups excluding carboxylic acids is 1. The van der Waals surface area contributed by atoms with Crippen molar-refractivity contribution in [3.63, 3.8) is 0 Å². The molecular weight excluding hydrogens is 328 g/mol. The van der Waals surface area contributed by atoms with E-state index in [9.17, 15) is 4.79 Å². The molecule has 5 heteroatoms. The van der Waals surface area contributed by atoms with Crippen LogP contribution in [0, 0.1) is 0 Å². The van der Waals surface area contributed by atoms with E-state index in [0.717, 1.165) is 5.56 Å². The summed E-state index contributed by atoms with van der Waals surface area (Å²) < 4.78 is 11.3. The van der Waals surface area contributed by atoms with Gasteiger partial charge in [0.25, 0.3) is 0 Å². The van der Waals surface area contributed by atoms with Crippen molar-refractivity contribution in [2.24, 2.45) is 5.73 Å². The summed E-state index contributed by atoms with van der Waals surface area (Å²) in [4.78, 5) is 13.6. The molecule has 2 amide bonds. The van der Waals surface area contributed by atoms with E-state index in [2.05, 4.69) is 0 Å². The molecular formula is C21H20N2O3. The number of carbonyl (C=O) groups is 1. The Bertz CT molecular complexity index is 881. The first-order valence-corrected chi connectivity index (χ1v) is 8.20. The summed E-state index contributed by atoms with van der Waals surface area (Å²) in [7, 11) is 1.60. The third-order valence-electron chi connectivity index (χ3n) is 3.91. The summed E-state index contributed by atoms with van der Waals surface area (Å²) >= 11 is 0. The fraction of sp³-hybridized carbons (Fsp3) is 0.0952. The van der Waals surface area contributed by atoms with Crippen molar-refractivity contribution >= 4 is 11.7 Å². The monoisotopic (exact) mass is 348 g/mol. The molecule has 26 heavy (non-hydrogen) atoms. The lowest BCUT2D eigenvalue weighted by Crippen LogP contribution is -2.35. The molecule has 0 saturated carbocycles. The van der Waals surface area contributed by atoms with Gasteiger partial charge in [-0.05, 0) is 30.3 Å². The first kappa shape index (κ1) is 17.4. The van der Waals surface area contributed by atoms with Gasteiger partial charge in [-0.1, -0.05) is 48.5 Å². The molecule has 2 N–H and O–H groups in total. The second kappa shape index (κ2) is 8.07. The van der Waals surface area contributed by atoms with Gasteiger partial charge in [0.15, 0.2) is 5.75 Å². The van der Waals surface area contributed by atoms with Gasteiger partial charge in [0, 0.05) is 5.56 Å². The van der Waals surface area contributed by atoms with Gasteiger partial charge in [-0.25, -0.2) is 4.79 Å². The largest absolute Gasteiger partial charge is 0.496 e. The predicted molar refractivity (Wildman–Crippen MR) is 102 cm³/mol. The number of amides is 2. The summed E-state index contributed by atoms with van der Waals surface area (Å²) in [6.45, 7) is 0.272. The highest BCUT2D eigenvalue weighted by atomic mass is 16.5. The Labute approximate surface area is 152 Å². The molecule has 0 aromatic heterocycles. The van der Waals surface area contributed by atoms with E-state index >= 15 is 0 Å². The maximum atomic E-state index is 12.2. The van der Waals surface area contributed by atoms with E-state index in [-0.39, 0.29) is 6.54 Å². The van der Waals surface area contributed by atoms with Gasteiger partial charge in [-0.15, -0.1) is 0 Å². The molecule has 0 bridgehead atoms. The van der Waals surface area contributed by atoms with Crippen molar-refractivity contribution in [3.8, 4) is 17.2 Å². The summed E-state index contributed by atoms with van der Waals surface area (Å²) in [6, 6.07) is 23.6. The van der Waals surface area contributed by atoms with Crippen LogP contribution in [0.1, 0.15) is 5.56 Å². The zero-order chi connectivity index (χ0) is 18.4. The van der Waals surface area contributed by atoms with Gasteiger partial charge in [-0.2, -0.15) is 0 Å². The van der Waals surface area contributed by atoms with E-state index in [1.807, 2.05) is 66.7 Å². The lowest BCUT2D eigenvalue weighted by Gasteiger charge is -2.24. The van der Waals surface area contributed by atoms with Crippen molar-refractivity contribution in [1.82, 2.24) is 0 Å². The molecule has 3 rings (SSSR count). The molecule has 0 saturated heterocycles. The summed E-state index contributed by atoms with van der Waals surface area (Å²) in [6.07, 6.45) is 0. The number of urea groups is 1. The molecule has 0 fully saturated rings. The second-order valence-corrected chi connectivity index (χ2v) is 5.62. The van der Waals surface area contributed by atoms with Gasteiger partial charge < -0.3 is 15.2 Å². The fourth-order valence-electron chi connectivity index (χ4n) is 2.67. The zero-order valence-corrected chi connectivity index (χ0v) is 14.5. The van der Waals surface area contributed by atoms with Crippen LogP contribution in [0.4, 0.5) is 10.5 Å². The molecule has 0 radical (unpaired) electrons. The Balaban J connectivity index is 1.95. The molecule has 132 valence electrons. The van der Waals surface area contributed by atoms with Crippen LogP contribution in [0.15, 0.2) is 78.9 Å². The third-order valence-corrected chi connectivity index (χ3v) is 3.91. The maximum Gasteiger partial charge on any atom is 0.319 e. The molecule has 0 heterocycles. The molecule has 0 spiro atoms. The first-order valence-electron chi connectivity index (χ1n) is 8.20. The van der Waals surface area contributed by atoms with Crippen LogP contribution in [0.3, 0.4) is 0 Å². The van der Waals surface area contributed by atoms with Gasteiger partial charge in [0.05, 0.1) is 19.3 Å². The molecule has 0 aliphatic heterocycles. The highest BCUT2D eigenvalue weighted by molar-refractivity contribution is 5.92. The minimum Gasteiger partial charge on any atom is -0.496 e. The van der Waals surface area contributed by atoms with Crippen LogP contribution in [0.5, 0.6) is 17.2 Å². The number of benzene rings is 3. The lowest BCUT2D eigenvalue weighted by atomic mass is 10.1.